The number of nitrogens with one attached hydrogen (secondary N) is 1. The molecule has 9 nitrogen and oxygen atoms in total. The van der Waals surface area contributed by atoms with Crippen LogP contribution in [0.25, 0.3) is 22.0 Å². The first-order valence-electron chi connectivity index (χ1n) is 9.84. The second-order valence-corrected chi connectivity index (χ2v) is 7.13. The number of nitrogen functional groups attached to an aromatic ring is 1. The Hall–Kier alpha value is -3.85. The number of aromatic nitrogens is 3. The van der Waals surface area contributed by atoms with Crippen molar-refractivity contribution < 1.29 is 14.3 Å². The highest BCUT2D eigenvalue weighted by atomic mass is 16.5. The zero-order chi connectivity index (χ0) is 21.8. The first-order chi connectivity index (χ1) is 15.0. The van der Waals surface area contributed by atoms with Crippen LogP contribution in [-0.4, -0.2) is 58.0 Å². The van der Waals surface area contributed by atoms with E-state index in [4.69, 9.17) is 10.5 Å². The third kappa shape index (κ3) is 4.67. The van der Waals surface area contributed by atoms with Gasteiger partial charge < -0.3 is 20.7 Å². The Kier molecular flexibility index (Phi) is 5.85. The third-order valence-electron chi connectivity index (χ3n) is 5.01. The lowest BCUT2D eigenvalue weighted by molar-refractivity contribution is -0.130. The maximum Gasteiger partial charge on any atom is 0.249 e. The van der Waals surface area contributed by atoms with Gasteiger partial charge in [0.2, 0.25) is 11.8 Å². The molecule has 1 saturated heterocycles. The standard InChI is InChI=1S/C22H22N6O3/c1-14-4-5-24-12-16(14)18-10-15-11-19(25-13-17(15)22(23)26-18)27-20(29)2-3-21(30)28-6-8-31-9-7-28/h2-5,10-13H,6-9H2,1H3,(H2,23,26)(H,25,27,29)/b3-2+. The molecular weight excluding hydrogens is 396 g/mol. The van der Waals surface area contributed by atoms with E-state index in [2.05, 4.69) is 20.3 Å². The Balaban J connectivity index is 1.53. The first-order valence-corrected chi connectivity index (χ1v) is 9.84. The summed E-state index contributed by atoms with van der Waals surface area (Å²) in [6.07, 6.45) is 7.48. The minimum atomic E-state index is -0.446. The predicted molar refractivity (Wildman–Crippen MR) is 117 cm³/mol. The molecule has 0 atom stereocenters. The van der Waals surface area contributed by atoms with Crippen LogP contribution in [0.3, 0.4) is 0 Å². The molecule has 1 fully saturated rings. The second-order valence-electron chi connectivity index (χ2n) is 7.13. The van der Waals surface area contributed by atoms with Crippen molar-refractivity contribution in [2.75, 3.05) is 37.4 Å². The van der Waals surface area contributed by atoms with Crippen molar-refractivity contribution in [3.8, 4) is 11.3 Å². The van der Waals surface area contributed by atoms with E-state index in [1.807, 2.05) is 19.1 Å². The molecule has 4 rings (SSSR count). The van der Waals surface area contributed by atoms with Gasteiger partial charge in [0, 0.05) is 54.8 Å². The average molecular weight is 418 g/mol. The summed E-state index contributed by atoms with van der Waals surface area (Å²) in [4.78, 5) is 38.9. The summed E-state index contributed by atoms with van der Waals surface area (Å²) in [7, 11) is 0. The number of rotatable bonds is 4. The molecule has 0 radical (unpaired) electrons. The molecule has 0 bridgehead atoms. The molecule has 0 saturated carbocycles. The normalized spacial score (nSPS) is 14.2. The Labute approximate surface area is 179 Å². The molecular formula is C22H22N6O3. The van der Waals surface area contributed by atoms with Crippen LogP contribution in [0.1, 0.15) is 5.56 Å². The third-order valence-corrected chi connectivity index (χ3v) is 5.01. The lowest BCUT2D eigenvalue weighted by Gasteiger charge is -2.25. The number of morpholine rings is 1. The van der Waals surface area contributed by atoms with E-state index in [1.165, 1.54) is 12.2 Å². The largest absolute Gasteiger partial charge is 0.383 e. The van der Waals surface area contributed by atoms with Crippen molar-refractivity contribution in [1.29, 1.82) is 0 Å². The summed E-state index contributed by atoms with van der Waals surface area (Å²) >= 11 is 0. The Morgan fingerprint density at radius 3 is 2.77 bits per heavy atom. The fourth-order valence-electron chi connectivity index (χ4n) is 3.32. The van der Waals surface area contributed by atoms with Crippen molar-refractivity contribution in [2.24, 2.45) is 0 Å². The highest BCUT2D eigenvalue weighted by Gasteiger charge is 2.15. The monoisotopic (exact) mass is 418 g/mol. The average Bonchev–Trinajstić information content (AvgIpc) is 2.78. The Bertz CT molecular complexity index is 1170. The van der Waals surface area contributed by atoms with Gasteiger partial charge in [0.25, 0.3) is 0 Å². The van der Waals surface area contributed by atoms with Gasteiger partial charge >= 0.3 is 0 Å². The number of fused-ring (bicyclic) bond motifs is 1. The van der Waals surface area contributed by atoms with Crippen molar-refractivity contribution in [2.45, 2.75) is 6.92 Å². The van der Waals surface area contributed by atoms with Crippen molar-refractivity contribution in [3.63, 3.8) is 0 Å². The van der Waals surface area contributed by atoms with E-state index in [-0.39, 0.29) is 5.91 Å². The van der Waals surface area contributed by atoms with Gasteiger partial charge in [-0.1, -0.05) is 0 Å². The molecule has 4 heterocycles. The summed E-state index contributed by atoms with van der Waals surface area (Å²) in [5, 5.41) is 4.14. The fraction of sp³-hybridized carbons (Fsp3) is 0.227. The highest BCUT2D eigenvalue weighted by molar-refractivity contribution is 6.04. The number of ether oxygens (including phenoxy) is 1. The fourth-order valence-corrected chi connectivity index (χ4v) is 3.32. The molecule has 3 N–H and O–H groups in total. The van der Waals surface area contributed by atoms with Crippen LogP contribution in [0.15, 0.2) is 48.9 Å². The van der Waals surface area contributed by atoms with E-state index in [1.54, 1.807) is 29.6 Å². The van der Waals surface area contributed by atoms with Gasteiger partial charge in [-0.15, -0.1) is 0 Å². The van der Waals surface area contributed by atoms with E-state index >= 15 is 0 Å². The molecule has 31 heavy (non-hydrogen) atoms. The lowest BCUT2D eigenvalue weighted by atomic mass is 10.1. The van der Waals surface area contributed by atoms with Crippen LogP contribution in [0.4, 0.5) is 11.6 Å². The predicted octanol–water partition coefficient (Wildman–Crippen LogP) is 1.94. The van der Waals surface area contributed by atoms with Crippen LogP contribution in [-0.2, 0) is 14.3 Å². The SMILES string of the molecule is Cc1ccncc1-c1cc2cc(NC(=O)/C=C/C(=O)N3CCOCC3)ncc2c(N)n1. The second kappa shape index (κ2) is 8.88. The van der Waals surface area contributed by atoms with Gasteiger partial charge in [-0.25, -0.2) is 9.97 Å². The summed E-state index contributed by atoms with van der Waals surface area (Å²) in [5.74, 6) is 0.0247. The number of hydrogen-bond acceptors (Lipinski definition) is 7. The smallest absolute Gasteiger partial charge is 0.249 e. The van der Waals surface area contributed by atoms with Crippen LogP contribution in [0, 0.1) is 6.92 Å². The molecule has 1 aliphatic rings. The minimum absolute atomic E-state index is 0.222. The maximum atomic E-state index is 12.3. The molecule has 0 aliphatic carbocycles. The van der Waals surface area contributed by atoms with Crippen LogP contribution in [0.2, 0.25) is 0 Å². The number of pyridine rings is 3. The molecule has 9 heteroatoms. The Morgan fingerprint density at radius 1 is 1.19 bits per heavy atom. The summed E-state index contributed by atoms with van der Waals surface area (Å²) in [6.45, 7) is 4.02. The van der Waals surface area contributed by atoms with E-state index in [0.717, 1.165) is 16.5 Å². The van der Waals surface area contributed by atoms with E-state index < -0.39 is 5.91 Å². The van der Waals surface area contributed by atoms with Crippen molar-refractivity contribution in [3.05, 3.63) is 54.5 Å². The molecule has 0 spiro atoms. The van der Waals surface area contributed by atoms with Crippen molar-refractivity contribution in [1.82, 2.24) is 19.9 Å². The van der Waals surface area contributed by atoms with Gasteiger partial charge in [0.05, 0.1) is 18.9 Å². The van der Waals surface area contributed by atoms with E-state index in [0.29, 0.717) is 49.0 Å². The molecule has 158 valence electrons. The lowest BCUT2D eigenvalue weighted by Crippen LogP contribution is -2.39. The number of carbonyl (C=O) groups excluding carboxylic acids is 2. The summed E-state index contributed by atoms with van der Waals surface area (Å²) in [5.41, 5.74) is 8.72. The van der Waals surface area contributed by atoms with Gasteiger partial charge in [-0.2, -0.15) is 0 Å². The molecule has 2 amide bonds. The van der Waals surface area contributed by atoms with Gasteiger partial charge in [0.15, 0.2) is 0 Å². The minimum Gasteiger partial charge on any atom is -0.383 e. The number of amides is 2. The van der Waals surface area contributed by atoms with Crippen LogP contribution >= 0.6 is 0 Å². The highest BCUT2D eigenvalue weighted by Crippen LogP contribution is 2.28. The quantitative estimate of drug-likeness (QED) is 0.621. The number of nitrogens with two attached hydrogens (primary N) is 1. The number of carbonyl (C=O) groups is 2. The zero-order valence-electron chi connectivity index (χ0n) is 17.0. The Morgan fingerprint density at radius 2 is 2.00 bits per heavy atom. The molecule has 3 aromatic heterocycles. The van der Waals surface area contributed by atoms with Crippen LogP contribution < -0.4 is 11.1 Å². The molecule has 1 aliphatic heterocycles. The first kappa shape index (κ1) is 20.4. The number of anilines is 2. The van der Waals surface area contributed by atoms with Gasteiger partial charge in [-0.05, 0) is 36.1 Å². The molecule has 3 aromatic rings. The summed E-state index contributed by atoms with van der Waals surface area (Å²) < 4.78 is 5.22. The summed E-state index contributed by atoms with van der Waals surface area (Å²) in [6, 6.07) is 5.50. The van der Waals surface area contributed by atoms with E-state index in [9.17, 15) is 9.59 Å². The van der Waals surface area contributed by atoms with Gasteiger partial charge in [0.1, 0.15) is 11.6 Å². The zero-order valence-corrected chi connectivity index (χ0v) is 17.0. The number of aryl methyl sites for hydroxylation is 1. The van der Waals surface area contributed by atoms with Crippen molar-refractivity contribution >= 4 is 34.2 Å². The molecule has 0 aromatic carbocycles. The topological polar surface area (TPSA) is 123 Å². The molecule has 0 unspecified atom stereocenters. The number of nitrogens with zero attached hydrogens (tertiary/aromatic N) is 4. The van der Waals surface area contributed by atoms with Gasteiger partial charge in [-0.3, -0.25) is 14.6 Å². The van der Waals surface area contributed by atoms with Crippen LogP contribution in [0.5, 0.6) is 0 Å². The maximum absolute atomic E-state index is 12.3. The number of hydrogen-bond donors (Lipinski definition) is 2.